The van der Waals surface area contributed by atoms with Gasteiger partial charge in [-0.2, -0.15) is 0 Å². The van der Waals surface area contributed by atoms with Gasteiger partial charge in [-0.3, -0.25) is 0 Å². The van der Waals surface area contributed by atoms with Crippen LogP contribution in [-0.4, -0.2) is 24.4 Å². The highest BCUT2D eigenvalue weighted by molar-refractivity contribution is 5.36. The molecular formula is C18H27NO2. The van der Waals surface area contributed by atoms with Gasteiger partial charge in [-0.15, -0.1) is 0 Å². The molecule has 0 bridgehead atoms. The Bertz CT molecular complexity index is 470. The molecule has 1 aliphatic carbocycles. The van der Waals surface area contributed by atoms with Crippen LogP contribution in [0, 0.1) is 11.3 Å². The van der Waals surface area contributed by atoms with Crippen molar-refractivity contribution < 1.29 is 9.84 Å². The number of ether oxygens (including phenoxy) is 1. The Hall–Kier alpha value is -1.06. The molecule has 1 fully saturated rings. The van der Waals surface area contributed by atoms with Gasteiger partial charge in [-0.05, 0) is 30.4 Å². The van der Waals surface area contributed by atoms with Crippen molar-refractivity contribution in [1.29, 1.82) is 0 Å². The van der Waals surface area contributed by atoms with E-state index in [9.17, 15) is 5.11 Å². The fourth-order valence-electron chi connectivity index (χ4n) is 3.91. The van der Waals surface area contributed by atoms with E-state index in [4.69, 9.17) is 10.5 Å². The SMILES string of the molecule is NCC1(C(O)CC2CCCCC2)COc2ccccc2C1. The molecule has 0 amide bonds. The maximum atomic E-state index is 10.8. The largest absolute Gasteiger partial charge is 0.493 e. The lowest BCUT2D eigenvalue weighted by molar-refractivity contribution is -0.0299. The minimum Gasteiger partial charge on any atom is -0.493 e. The summed E-state index contributed by atoms with van der Waals surface area (Å²) in [6, 6.07) is 8.12. The van der Waals surface area contributed by atoms with Crippen LogP contribution in [0.2, 0.25) is 0 Å². The first kappa shape index (κ1) is 14.9. The predicted molar refractivity (Wildman–Crippen MR) is 84.3 cm³/mol. The second-order valence-electron chi connectivity index (χ2n) is 6.90. The maximum absolute atomic E-state index is 10.8. The lowest BCUT2D eigenvalue weighted by Gasteiger charge is -2.42. The molecule has 1 saturated carbocycles. The summed E-state index contributed by atoms with van der Waals surface area (Å²) in [4.78, 5) is 0. The minimum atomic E-state index is -0.362. The van der Waals surface area contributed by atoms with Crippen molar-refractivity contribution in [1.82, 2.24) is 0 Å². The van der Waals surface area contributed by atoms with Crippen LogP contribution in [0.4, 0.5) is 0 Å². The van der Waals surface area contributed by atoms with Gasteiger partial charge >= 0.3 is 0 Å². The summed E-state index contributed by atoms with van der Waals surface area (Å²) in [6.45, 7) is 1.02. The molecule has 0 saturated heterocycles. The Balaban J connectivity index is 1.71. The molecule has 3 rings (SSSR count). The van der Waals surface area contributed by atoms with E-state index >= 15 is 0 Å². The van der Waals surface area contributed by atoms with E-state index in [1.807, 2.05) is 18.2 Å². The summed E-state index contributed by atoms with van der Waals surface area (Å²) in [5.74, 6) is 1.61. The van der Waals surface area contributed by atoms with Crippen molar-refractivity contribution in [3.8, 4) is 5.75 Å². The third-order valence-electron chi connectivity index (χ3n) is 5.42. The molecule has 116 valence electrons. The third kappa shape index (κ3) is 3.09. The topological polar surface area (TPSA) is 55.5 Å². The highest BCUT2D eigenvalue weighted by Crippen LogP contribution is 2.39. The summed E-state index contributed by atoms with van der Waals surface area (Å²) >= 11 is 0. The van der Waals surface area contributed by atoms with Crippen LogP contribution >= 0.6 is 0 Å². The molecule has 3 heteroatoms. The molecule has 1 aromatic rings. The van der Waals surface area contributed by atoms with Crippen molar-refractivity contribution in [3.63, 3.8) is 0 Å². The Morgan fingerprint density at radius 1 is 1.24 bits per heavy atom. The average Bonchev–Trinajstić information content (AvgIpc) is 2.55. The minimum absolute atomic E-state index is 0.314. The number of fused-ring (bicyclic) bond motifs is 1. The fraction of sp³-hybridized carbons (Fsp3) is 0.667. The van der Waals surface area contributed by atoms with Crippen molar-refractivity contribution in [2.45, 2.75) is 51.0 Å². The van der Waals surface area contributed by atoms with Gasteiger partial charge in [-0.25, -0.2) is 0 Å². The molecule has 21 heavy (non-hydrogen) atoms. The van der Waals surface area contributed by atoms with Crippen molar-refractivity contribution >= 4 is 0 Å². The van der Waals surface area contributed by atoms with E-state index in [0.717, 1.165) is 18.6 Å². The number of rotatable bonds is 4. The molecule has 0 radical (unpaired) electrons. The summed E-state index contributed by atoms with van der Waals surface area (Å²) in [6.07, 6.45) is 7.84. The molecule has 3 nitrogen and oxygen atoms in total. The molecule has 1 heterocycles. The predicted octanol–water partition coefficient (Wildman–Crippen LogP) is 2.90. The number of aliphatic hydroxyl groups is 1. The van der Waals surface area contributed by atoms with E-state index in [1.165, 1.54) is 37.7 Å². The van der Waals surface area contributed by atoms with Crippen LogP contribution in [0.25, 0.3) is 0 Å². The Kier molecular flexibility index (Phi) is 4.51. The molecular weight excluding hydrogens is 262 g/mol. The van der Waals surface area contributed by atoms with E-state index in [2.05, 4.69) is 6.07 Å². The Labute approximate surface area is 127 Å². The zero-order chi connectivity index (χ0) is 14.7. The Morgan fingerprint density at radius 2 is 2.00 bits per heavy atom. The number of hydrogen-bond acceptors (Lipinski definition) is 3. The van der Waals surface area contributed by atoms with Gasteiger partial charge in [-0.1, -0.05) is 50.3 Å². The number of hydrogen-bond donors (Lipinski definition) is 2. The van der Waals surface area contributed by atoms with Gasteiger partial charge < -0.3 is 15.6 Å². The number of para-hydroxylation sites is 1. The smallest absolute Gasteiger partial charge is 0.122 e. The van der Waals surface area contributed by atoms with E-state index in [0.29, 0.717) is 19.1 Å². The molecule has 3 N–H and O–H groups in total. The summed E-state index contributed by atoms with van der Waals surface area (Å²) in [7, 11) is 0. The standard InChI is InChI=1S/C18H27NO2/c19-12-18(17(20)10-14-6-2-1-3-7-14)11-15-8-4-5-9-16(15)21-13-18/h4-5,8-9,14,17,20H,1-3,6-7,10-13,19H2. The molecule has 1 aromatic carbocycles. The van der Waals surface area contributed by atoms with Crippen LogP contribution in [0.15, 0.2) is 24.3 Å². The van der Waals surface area contributed by atoms with Gasteiger partial charge in [0.05, 0.1) is 12.7 Å². The third-order valence-corrected chi connectivity index (χ3v) is 5.42. The summed E-state index contributed by atoms with van der Waals surface area (Å²) < 4.78 is 5.90. The van der Waals surface area contributed by atoms with Gasteiger partial charge in [0.15, 0.2) is 0 Å². The zero-order valence-electron chi connectivity index (χ0n) is 12.8. The Morgan fingerprint density at radius 3 is 2.76 bits per heavy atom. The molecule has 2 aliphatic rings. The van der Waals surface area contributed by atoms with Gasteiger partial charge in [0.25, 0.3) is 0 Å². The van der Waals surface area contributed by atoms with Gasteiger partial charge in [0, 0.05) is 12.0 Å². The summed E-state index contributed by atoms with van der Waals surface area (Å²) in [5.41, 5.74) is 6.93. The number of nitrogens with two attached hydrogens (primary N) is 1. The normalized spacial score (nSPS) is 27.7. The maximum Gasteiger partial charge on any atom is 0.122 e. The van der Waals surface area contributed by atoms with Gasteiger partial charge in [0.1, 0.15) is 5.75 Å². The van der Waals surface area contributed by atoms with E-state index in [-0.39, 0.29) is 11.5 Å². The number of aliphatic hydroxyl groups excluding tert-OH is 1. The number of benzene rings is 1. The molecule has 1 aliphatic heterocycles. The van der Waals surface area contributed by atoms with Crippen LogP contribution in [0.5, 0.6) is 5.75 Å². The molecule has 2 atom stereocenters. The lowest BCUT2D eigenvalue weighted by Crippen LogP contribution is -2.50. The summed E-state index contributed by atoms with van der Waals surface area (Å²) in [5, 5.41) is 10.8. The van der Waals surface area contributed by atoms with Crippen LogP contribution in [0.1, 0.15) is 44.1 Å². The van der Waals surface area contributed by atoms with Crippen LogP contribution < -0.4 is 10.5 Å². The van der Waals surface area contributed by atoms with Crippen LogP contribution in [0.3, 0.4) is 0 Å². The average molecular weight is 289 g/mol. The van der Waals surface area contributed by atoms with Crippen molar-refractivity contribution in [2.75, 3.05) is 13.2 Å². The first-order valence-electron chi connectivity index (χ1n) is 8.32. The molecule has 0 aromatic heterocycles. The fourth-order valence-corrected chi connectivity index (χ4v) is 3.91. The highest BCUT2D eigenvalue weighted by atomic mass is 16.5. The first-order chi connectivity index (χ1) is 10.2. The monoisotopic (exact) mass is 289 g/mol. The second-order valence-corrected chi connectivity index (χ2v) is 6.90. The quantitative estimate of drug-likeness (QED) is 0.896. The molecule has 0 spiro atoms. The molecule has 2 unspecified atom stereocenters. The highest BCUT2D eigenvalue weighted by Gasteiger charge is 2.42. The van der Waals surface area contributed by atoms with Crippen molar-refractivity contribution in [3.05, 3.63) is 29.8 Å². The van der Waals surface area contributed by atoms with Crippen LogP contribution in [-0.2, 0) is 6.42 Å². The lowest BCUT2D eigenvalue weighted by atomic mass is 9.71. The zero-order valence-corrected chi connectivity index (χ0v) is 12.8. The second kappa shape index (κ2) is 6.37. The van der Waals surface area contributed by atoms with Gasteiger partial charge in [0.2, 0.25) is 0 Å². The van der Waals surface area contributed by atoms with E-state index in [1.54, 1.807) is 0 Å². The van der Waals surface area contributed by atoms with Crippen molar-refractivity contribution in [2.24, 2.45) is 17.1 Å². The van der Waals surface area contributed by atoms with E-state index < -0.39 is 0 Å². The first-order valence-corrected chi connectivity index (χ1v) is 8.32.